The molecule has 0 saturated carbocycles. The predicted molar refractivity (Wildman–Crippen MR) is 106 cm³/mol. The maximum Gasteiger partial charge on any atom is 1.00 e. The number of benzene rings is 1. The molecule has 0 N–H and O–H groups in total. The maximum atomic E-state index is 13.2. The number of aliphatic carboxylic acids is 1. The molecular formula is C19H21ClLiN3O6S. The Morgan fingerprint density at radius 1 is 1.29 bits per heavy atom. The molecule has 0 spiro atoms. The molecule has 0 radical (unpaired) electrons. The standard InChI is InChI=1S/C19H22ClN3O6S.Li/c1-19(2,3)29-18(26)22-11-13(10-15(22)17(24)25)30(27,28)16-6-5-12(9-14(16)20)23-8-4-7-21-23;/h4-9,13,15H,10-11H2,1-3H3,(H,24,25);/q;+1/p-1/t13-,15+;/m1./s1. The summed E-state index contributed by atoms with van der Waals surface area (Å²) in [5.74, 6) is -1.54. The van der Waals surface area contributed by atoms with Gasteiger partial charge in [-0.1, -0.05) is 11.6 Å². The second-order valence-corrected chi connectivity index (χ2v) is 10.5. The van der Waals surface area contributed by atoms with E-state index in [1.54, 1.807) is 45.3 Å². The molecule has 0 aliphatic carbocycles. The number of nitrogens with zero attached hydrogens (tertiary/aromatic N) is 3. The molecular weight excluding hydrogens is 441 g/mol. The summed E-state index contributed by atoms with van der Waals surface area (Å²) in [4.78, 5) is 24.7. The predicted octanol–water partition coefficient (Wildman–Crippen LogP) is -1.57. The van der Waals surface area contributed by atoms with Gasteiger partial charge in [-0.25, -0.2) is 17.9 Å². The number of sulfone groups is 1. The van der Waals surface area contributed by atoms with Crippen LogP contribution in [0.4, 0.5) is 4.79 Å². The number of hydrogen-bond donors (Lipinski definition) is 0. The number of ether oxygens (including phenoxy) is 1. The van der Waals surface area contributed by atoms with E-state index in [2.05, 4.69) is 5.10 Å². The fourth-order valence-corrected chi connectivity index (χ4v) is 5.47. The zero-order chi connectivity index (χ0) is 22.3. The largest absolute Gasteiger partial charge is 1.00 e. The molecule has 1 saturated heterocycles. The van der Waals surface area contributed by atoms with Crippen molar-refractivity contribution in [2.45, 2.75) is 49.0 Å². The normalized spacial score (nSPS) is 19.0. The monoisotopic (exact) mass is 461 g/mol. The molecule has 0 unspecified atom stereocenters. The first-order valence-corrected chi connectivity index (χ1v) is 11.1. The second-order valence-electron chi connectivity index (χ2n) is 7.94. The van der Waals surface area contributed by atoms with Gasteiger partial charge in [0.05, 0.1) is 32.9 Å². The van der Waals surface area contributed by atoms with Crippen LogP contribution in [0, 0.1) is 0 Å². The van der Waals surface area contributed by atoms with E-state index in [0.717, 1.165) is 4.90 Å². The Labute approximate surface area is 197 Å². The number of carbonyl (C=O) groups excluding carboxylic acids is 2. The Morgan fingerprint density at radius 3 is 2.48 bits per heavy atom. The number of rotatable bonds is 4. The van der Waals surface area contributed by atoms with Gasteiger partial charge < -0.3 is 14.6 Å². The second kappa shape index (κ2) is 9.24. The number of hydrogen-bond acceptors (Lipinski definition) is 7. The zero-order valence-corrected chi connectivity index (χ0v) is 19.2. The molecule has 12 heteroatoms. The van der Waals surface area contributed by atoms with Crippen molar-refractivity contribution in [3.8, 4) is 5.69 Å². The Kier molecular flexibility index (Phi) is 7.54. The van der Waals surface area contributed by atoms with Crippen molar-refractivity contribution in [2.24, 2.45) is 0 Å². The molecule has 1 fully saturated rings. The summed E-state index contributed by atoms with van der Waals surface area (Å²) in [6.07, 6.45) is 2.03. The minimum atomic E-state index is -4.03. The van der Waals surface area contributed by atoms with Gasteiger partial charge in [-0.2, -0.15) is 5.10 Å². The molecule has 162 valence electrons. The number of carboxylic acids is 1. The van der Waals surface area contributed by atoms with Crippen LogP contribution in [0.2, 0.25) is 5.02 Å². The first-order chi connectivity index (χ1) is 13.9. The van der Waals surface area contributed by atoms with Gasteiger partial charge in [0.15, 0.2) is 9.84 Å². The molecule has 1 aliphatic rings. The number of likely N-dealkylation sites (tertiary alicyclic amines) is 1. The summed E-state index contributed by atoms with van der Waals surface area (Å²) >= 11 is 6.24. The summed E-state index contributed by atoms with van der Waals surface area (Å²) in [7, 11) is -4.03. The van der Waals surface area contributed by atoms with Gasteiger partial charge in [0.1, 0.15) is 5.60 Å². The maximum absolute atomic E-state index is 13.2. The van der Waals surface area contributed by atoms with E-state index in [1.165, 1.54) is 16.8 Å². The van der Waals surface area contributed by atoms with Gasteiger partial charge in [-0.05, 0) is 51.5 Å². The van der Waals surface area contributed by atoms with E-state index < -0.39 is 38.8 Å². The van der Waals surface area contributed by atoms with Gasteiger partial charge in [-0.3, -0.25) is 4.90 Å². The van der Waals surface area contributed by atoms with Gasteiger partial charge >= 0.3 is 25.0 Å². The quantitative estimate of drug-likeness (QED) is 0.504. The Morgan fingerprint density at radius 2 is 1.97 bits per heavy atom. The molecule has 1 aliphatic heterocycles. The Bertz CT molecular complexity index is 1070. The van der Waals surface area contributed by atoms with Crippen LogP contribution < -0.4 is 24.0 Å². The number of amides is 1. The molecule has 3 rings (SSSR count). The number of aromatic nitrogens is 2. The van der Waals surface area contributed by atoms with E-state index in [9.17, 15) is 23.1 Å². The summed E-state index contributed by atoms with van der Waals surface area (Å²) < 4.78 is 33.1. The van der Waals surface area contributed by atoms with Gasteiger partial charge in [0.2, 0.25) is 0 Å². The third kappa shape index (κ3) is 5.44. The van der Waals surface area contributed by atoms with Gasteiger partial charge in [0, 0.05) is 18.9 Å². The average Bonchev–Trinajstić information content (AvgIpc) is 3.30. The third-order valence-corrected chi connectivity index (χ3v) is 7.21. The van der Waals surface area contributed by atoms with Crippen molar-refractivity contribution in [3.63, 3.8) is 0 Å². The third-order valence-electron chi connectivity index (χ3n) is 4.59. The number of carbonyl (C=O) groups is 2. The SMILES string of the molecule is CC(C)(C)OC(=O)N1C[C@H](S(=O)(=O)c2ccc(-n3cccn3)cc2Cl)C[C@H]1C(=O)[O-].[Li+]. The molecule has 9 nitrogen and oxygen atoms in total. The zero-order valence-electron chi connectivity index (χ0n) is 17.6. The molecule has 2 atom stereocenters. The van der Waals surface area contributed by atoms with Crippen LogP contribution in [0.1, 0.15) is 27.2 Å². The van der Waals surface area contributed by atoms with Crippen molar-refractivity contribution >= 4 is 33.5 Å². The van der Waals surface area contributed by atoms with Crippen molar-refractivity contribution in [1.82, 2.24) is 14.7 Å². The fourth-order valence-electron chi connectivity index (χ4n) is 3.23. The van der Waals surface area contributed by atoms with Crippen LogP contribution in [0.15, 0.2) is 41.6 Å². The Hall–Kier alpha value is -1.99. The molecule has 2 aromatic rings. The van der Waals surface area contributed by atoms with Crippen molar-refractivity contribution in [3.05, 3.63) is 41.7 Å². The fraction of sp³-hybridized carbons (Fsp3) is 0.421. The molecule has 1 aromatic heterocycles. The number of halogens is 1. The molecule has 2 heterocycles. The van der Waals surface area contributed by atoms with E-state index in [-0.39, 0.29) is 41.7 Å². The molecule has 1 amide bonds. The molecule has 0 bridgehead atoms. The summed E-state index contributed by atoms with van der Waals surface area (Å²) in [5.41, 5.74) is -0.297. The van der Waals surface area contributed by atoms with Crippen molar-refractivity contribution < 1.29 is 46.7 Å². The van der Waals surface area contributed by atoms with Crippen LogP contribution in [0.25, 0.3) is 5.69 Å². The van der Waals surface area contributed by atoms with E-state index in [4.69, 9.17) is 16.3 Å². The smallest absolute Gasteiger partial charge is 0.548 e. The van der Waals surface area contributed by atoms with Crippen molar-refractivity contribution in [2.75, 3.05) is 6.54 Å². The molecule has 31 heavy (non-hydrogen) atoms. The van der Waals surface area contributed by atoms with E-state index in [1.807, 2.05) is 0 Å². The molecule has 1 aromatic carbocycles. The first-order valence-electron chi connectivity index (χ1n) is 9.14. The van der Waals surface area contributed by atoms with Crippen LogP contribution in [0.3, 0.4) is 0 Å². The minimum absolute atomic E-state index is 0. The van der Waals surface area contributed by atoms with Crippen molar-refractivity contribution in [1.29, 1.82) is 0 Å². The van der Waals surface area contributed by atoms with E-state index >= 15 is 0 Å². The van der Waals surface area contributed by atoms with E-state index in [0.29, 0.717) is 5.69 Å². The Balaban J connectivity index is 0.00000341. The van der Waals surface area contributed by atoms with Gasteiger partial charge in [0.25, 0.3) is 0 Å². The first kappa shape index (κ1) is 25.3. The van der Waals surface area contributed by atoms with Crippen LogP contribution in [-0.2, 0) is 19.4 Å². The van der Waals surface area contributed by atoms with Gasteiger partial charge in [-0.15, -0.1) is 0 Å². The summed E-state index contributed by atoms with van der Waals surface area (Å²) in [6, 6.07) is 4.64. The minimum Gasteiger partial charge on any atom is -0.548 e. The topological polar surface area (TPSA) is 122 Å². The van der Waals surface area contributed by atoms with Crippen LogP contribution in [-0.4, -0.2) is 58.6 Å². The van der Waals surface area contributed by atoms with Crippen LogP contribution >= 0.6 is 11.6 Å². The number of carboxylic acid groups (broad SMARTS) is 1. The summed E-state index contributed by atoms with van der Waals surface area (Å²) in [6.45, 7) is 4.55. The summed E-state index contributed by atoms with van der Waals surface area (Å²) in [5, 5.41) is 14.4. The van der Waals surface area contributed by atoms with Crippen LogP contribution in [0.5, 0.6) is 0 Å². The average molecular weight is 462 g/mol.